The van der Waals surface area contributed by atoms with E-state index < -0.39 is 18.4 Å². The maximum absolute atomic E-state index is 12.6. The maximum Gasteiger partial charge on any atom is 0.573 e. The number of alkyl halides is 3. The van der Waals surface area contributed by atoms with Crippen LogP contribution in [0.5, 0.6) is 11.5 Å². The third-order valence-electron chi connectivity index (χ3n) is 6.34. The Morgan fingerprint density at radius 3 is 2.07 bits per heavy atom. The number of ether oxygens (including phenoxy) is 2. The summed E-state index contributed by atoms with van der Waals surface area (Å²) in [5, 5.41) is 11.3. The number of carbonyl (C=O) groups is 2. The molecule has 0 bridgehead atoms. The average molecular weight is 564 g/mol. The number of carboxylic acid groups (broad SMARTS) is 1. The lowest BCUT2D eigenvalue weighted by Crippen LogP contribution is -2.25. The molecular formula is C32H28F3NO5. The number of halogens is 3. The highest BCUT2D eigenvalue weighted by atomic mass is 19.4. The number of nitrogens with one attached hydrogen (secondary N) is 1. The fraction of sp³-hybridized carbons (Fsp3) is 0.188. The van der Waals surface area contributed by atoms with E-state index in [1.807, 2.05) is 56.3 Å². The highest BCUT2D eigenvalue weighted by Crippen LogP contribution is 2.37. The first-order valence-electron chi connectivity index (χ1n) is 12.8. The summed E-state index contributed by atoms with van der Waals surface area (Å²) in [6.45, 7) is 3.90. The first kappa shape index (κ1) is 29.2. The normalized spacial score (nSPS) is 11.9. The van der Waals surface area contributed by atoms with Crippen molar-refractivity contribution >= 4 is 11.9 Å². The molecule has 0 fully saturated rings. The summed E-state index contributed by atoms with van der Waals surface area (Å²) >= 11 is 0. The minimum Gasteiger partial charge on any atom is -0.485 e. The predicted molar refractivity (Wildman–Crippen MR) is 149 cm³/mol. The molecule has 41 heavy (non-hydrogen) atoms. The molecule has 0 aromatic heterocycles. The van der Waals surface area contributed by atoms with Crippen molar-refractivity contribution in [3.05, 3.63) is 108 Å². The average Bonchev–Trinajstić information content (AvgIpc) is 2.93. The lowest BCUT2D eigenvalue weighted by atomic mass is 9.98. The summed E-state index contributed by atoms with van der Waals surface area (Å²) in [5.41, 5.74) is 5.52. The molecule has 0 saturated heterocycles. The molecule has 6 nitrogen and oxygen atoms in total. The van der Waals surface area contributed by atoms with Gasteiger partial charge in [-0.2, -0.15) is 0 Å². The third-order valence-corrected chi connectivity index (χ3v) is 6.34. The van der Waals surface area contributed by atoms with E-state index in [0.717, 1.165) is 27.8 Å². The summed E-state index contributed by atoms with van der Waals surface area (Å²) in [4.78, 5) is 23.0. The van der Waals surface area contributed by atoms with Crippen molar-refractivity contribution in [1.29, 1.82) is 0 Å². The van der Waals surface area contributed by atoms with Gasteiger partial charge in [0.25, 0.3) is 5.91 Å². The highest BCUT2D eigenvalue weighted by Gasteiger charge is 2.31. The van der Waals surface area contributed by atoms with Gasteiger partial charge in [-0.15, -0.1) is 13.2 Å². The monoisotopic (exact) mass is 563 g/mol. The minimum atomic E-state index is -4.77. The third kappa shape index (κ3) is 8.11. The largest absolute Gasteiger partial charge is 0.573 e. The topological polar surface area (TPSA) is 84.9 Å². The van der Waals surface area contributed by atoms with Crippen LogP contribution in [0, 0.1) is 6.92 Å². The molecule has 4 rings (SSSR count). The van der Waals surface area contributed by atoms with Crippen molar-refractivity contribution in [3.63, 3.8) is 0 Å². The van der Waals surface area contributed by atoms with E-state index in [1.54, 1.807) is 36.4 Å². The van der Waals surface area contributed by atoms with Crippen molar-refractivity contribution < 1.29 is 37.3 Å². The van der Waals surface area contributed by atoms with Gasteiger partial charge in [-0.3, -0.25) is 9.59 Å². The van der Waals surface area contributed by atoms with Gasteiger partial charge in [0.05, 0.1) is 6.42 Å². The van der Waals surface area contributed by atoms with Gasteiger partial charge < -0.3 is 19.9 Å². The van der Waals surface area contributed by atoms with Gasteiger partial charge in [0.15, 0.2) is 0 Å². The zero-order valence-corrected chi connectivity index (χ0v) is 22.4. The number of hydrogen-bond acceptors (Lipinski definition) is 4. The van der Waals surface area contributed by atoms with E-state index in [4.69, 9.17) is 9.84 Å². The van der Waals surface area contributed by atoms with Crippen LogP contribution >= 0.6 is 0 Å². The first-order chi connectivity index (χ1) is 19.5. The Labute approximate surface area is 235 Å². The number of carbonyl (C=O) groups excluding carboxylic acids is 1. The Kier molecular flexibility index (Phi) is 8.97. The van der Waals surface area contributed by atoms with Crippen LogP contribution in [0.1, 0.15) is 40.9 Å². The summed E-state index contributed by atoms with van der Waals surface area (Å²) in [6, 6.07) is 26.1. The molecule has 4 aromatic carbocycles. The van der Waals surface area contributed by atoms with E-state index in [-0.39, 0.29) is 24.6 Å². The van der Waals surface area contributed by atoms with Gasteiger partial charge in [0, 0.05) is 17.7 Å². The van der Waals surface area contributed by atoms with Crippen molar-refractivity contribution in [2.75, 3.05) is 6.54 Å². The molecule has 4 aromatic rings. The van der Waals surface area contributed by atoms with Crippen molar-refractivity contribution in [2.45, 2.75) is 32.7 Å². The van der Waals surface area contributed by atoms with Crippen LogP contribution in [0.2, 0.25) is 0 Å². The maximum atomic E-state index is 12.6. The summed E-state index contributed by atoms with van der Waals surface area (Å²) < 4.78 is 48.1. The lowest BCUT2D eigenvalue weighted by Gasteiger charge is -2.20. The summed E-state index contributed by atoms with van der Waals surface area (Å²) in [6.07, 6.45) is -5.35. The number of rotatable bonds is 10. The molecule has 0 aliphatic carbocycles. The molecule has 2 N–H and O–H groups in total. The molecule has 0 aliphatic rings. The minimum absolute atomic E-state index is 0.0334. The number of carboxylic acids is 1. The van der Waals surface area contributed by atoms with Crippen molar-refractivity contribution in [3.8, 4) is 33.8 Å². The van der Waals surface area contributed by atoms with E-state index in [2.05, 4.69) is 10.1 Å². The molecule has 212 valence electrons. The zero-order valence-electron chi connectivity index (χ0n) is 22.4. The van der Waals surface area contributed by atoms with Gasteiger partial charge in [0.1, 0.15) is 17.6 Å². The van der Waals surface area contributed by atoms with Crippen LogP contribution in [-0.2, 0) is 4.79 Å². The Bertz CT molecular complexity index is 1500. The van der Waals surface area contributed by atoms with Crippen LogP contribution in [0.15, 0.2) is 91.0 Å². The van der Waals surface area contributed by atoms with Crippen LogP contribution in [0.3, 0.4) is 0 Å². The Hall–Kier alpha value is -4.79. The number of aryl methyl sites for hydroxylation is 1. The smallest absolute Gasteiger partial charge is 0.485 e. The Balaban J connectivity index is 1.58. The van der Waals surface area contributed by atoms with Crippen LogP contribution in [0.25, 0.3) is 22.3 Å². The second kappa shape index (κ2) is 12.6. The van der Waals surface area contributed by atoms with Crippen LogP contribution in [-0.4, -0.2) is 29.9 Å². The number of benzene rings is 4. The number of hydrogen-bond donors (Lipinski definition) is 2. The van der Waals surface area contributed by atoms with Gasteiger partial charge in [0.2, 0.25) is 0 Å². The molecule has 1 amide bonds. The summed E-state index contributed by atoms with van der Waals surface area (Å²) in [7, 11) is 0. The van der Waals surface area contributed by atoms with Crippen LogP contribution in [0.4, 0.5) is 13.2 Å². The van der Waals surface area contributed by atoms with Gasteiger partial charge in [-0.25, -0.2) is 0 Å². The van der Waals surface area contributed by atoms with Crippen LogP contribution < -0.4 is 14.8 Å². The van der Waals surface area contributed by atoms with E-state index in [1.165, 1.54) is 12.1 Å². The zero-order chi connectivity index (χ0) is 29.6. The fourth-order valence-corrected chi connectivity index (χ4v) is 4.17. The lowest BCUT2D eigenvalue weighted by molar-refractivity contribution is -0.274. The quantitative estimate of drug-likeness (QED) is 0.208. The summed E-state index contributed by atoms with van der Waals surface area (Å²) in [5.74, 6) is -1.09. The molecular weight excluding hydrogens is 535 g/mol. The molecule has 1 atom stereocenters. The number of aliphatic carboxylic acids is 1. The second-order valence-corrected chi connectivity index (χ2v) is 9.43. The SMILES string of the molecule is Cc1ccc(-c2ccc(-c3ccc(OC(F)(F)F)cc3)cc2OC(C)c2ccc(C(=O)NCCC(=O)O)cc2)cc1. The molecule has 0 radical (unpaired) electrons. The second-order valence-electron chi connectivity index (χ2n) is 9.43. The van der Waals surface area contributed by atoms with Gasteiger partial charge in [-0.1, -0.05) is 66.2 Å². The Morgan fingerprint density at radius 1 is 0.854 bits per heavy atom. The van der Waals surface area contributed by atoms with Crippen molar-refractivity contribution in [1.82, 2.24) is 5.32 Å². The molecule has 0 spiro atoms. The number of amides is 1. The molecule has 0 saturated carbocycles. The van der Waals surface area contributed by atoms with E-state index >= 15 is 0 Å². The van der Waals surface area contributed by atoms with E-state index in [9.17, 15) is 22.8 Å². The fourth-order valence-electron chi connectivity index (χ4n) is 4.17. The molecule has 0 aliphatic heterocycles. The predicted octanol–water partition coefficient (Wildman–Crippen LogP) is 7.57. The molecule has 9 heteroatoms. The van der Waals surface area contributed by atoms with Crippen molar-refractivity contribution in [2.24, 2.45) is 0 Å². The molecule has 0 heterocycles. The first-order valence-corrected chi connectivity index (χ1v) is 12.8. The van der Waals surface area contributed by atoms with E-state index in [0.29, 0.717) is 16.9 Å². The molecule has 1 unspecified atom stereocenters. The highest BCUT2D eigenvalue weighted by molar-refractivity contribution is 5.94. The van der Waals surface area contributed by atoms with Gasteiger partial charge in [-0.05, 0) is 66.4 Å². The Morgan fingerprint density at radius 2 is 1.46 bits per heavy atom. The van der Waals surface area contributed by atoms with Gasteiger partial charge >= 0.3 is 12.3 Å². The standard InChI is InChI=1S/C32H28F3NO5/c1-20-3-5-24(6-4-20)28-16-13-26(23-11-14-27(15-12-23)41-32(33,34)35)19-29(28)40-21(2)22-7-9-25(10-8-22)31(39)36-18-17-30(37)38/h3-16,19,21H,17-18H2,1-2H3,(H,36,39)(H,37,38).